The molecule has 0 heterocycles. The maximum Gasteiger partial charge on any atom is 0.298 e. The van der Waals surface area contributed by atoms with Gasteiger partial charge in [-0.3, -0.25) is 13.7 Å². The average Bonchev–Trinajstić information content (AvgIpc) is 2.66. The summed E-state index contributed by atoms with van der Waals surface area (Å²) in [4.78, 5) is -1.80. The minimum Gasteiger partial charge on any atom is -0.454 e. The summed E-state index contributed by atoms with van der Waals surface area (Å²) >= 11 is 0. The Morgan fingerprint density at radius 1 is 0.548 bits per heavy atom. The molecule has 164 valence electrons. The van der Waals surface area contributed by atoms with Crippen molar-refractivity contribution < 1.29 is 43.6 Å². The van der Waals surface area contributed by atoms with Gasteiger partial charge in [-0.1, -0.05) is 30.3 Å². The summed E-state index contributed by atoms with van der Waals surface area (Å²) in [5.74, 6) is -0.843. The second kappa shape index (κ2) is 8.03. The Morgan fingerprint density at radius 3 is 1.74 bits per heavy atom. The van der Waals surface area contributed by atoms with Gasteiger partial charge in [-0.25, -0.2) is 0 Å². The van der Waals surface area contributed by atoms with Crippen LogP contribution in [0, 0.1) is 0 Å². The summed E-state index contributed by atoms with van der Waals surface area (Å²) in [5.41, 5.74) is 0.346. The molecule has 0 aromatic heterocycles. The topological polar surface area (TPSA) is 172 Å². The van der Waals surface area contributed by atoms with E-state index >= 15 is 0 Å². The maximum atomic E-state index is 11.9. The molecule has 0 amide bonds. The van der Waals surface area contributed by atoms with Gasteiger partial charge in [-0.05, 0) is 47.5 Å². The van der Waals surface area contributed by atoms with Crippen molar-refractivity contribution in [1.29, 1.82) is 0 Å². The number of ether oxygens (including phenoxy) is 1. The van der Waals surface area contributed by atoms with Crippen LogP contribution in [0.2, 0.25) is 0 Å². The van der Waals surface area contributed by atoms with E-state index in [0.29, 0.717) is 0 Å². The average molecular weight is 487 g/mol. The number of benzene rings is 3. The first-order valence-electron chi connectivity index (χ1n) is 8.21. The smallest absolute Gasteiger partial charge is 0.298 e. The number of hydrogen-bond acceptors (Lipinski definition) is 7. The minimum absolute atomic E-state index is 0.147. The predicted octanol–water partition coefficient (Wildman–Crippen LogP) is 2.89. The highest BCUT2D eigenvalue weighted by atomic mass is 32.2. The van der Waals surface area contributed by atoms with Crippen molar-refractivity contribution in [1.82, 2.24) is 0 Å². The monoisotopic (exact) mass is 486 g/mol. The lowest BCUT2D eigenvalue weighted by molar-refractivity contribution is 0.434. The van der Waals surface area contributed by atoms with E-state index in [1.165, 1.54) is 36.4 Å². The Hall–Kier alpha value is -2.81. The largest absolute Gasteiger partial charge is 0.454 e. The molecule has 0 aliphatic rings. The second-order valence-electron chi connectivity index (χ2n) is 6.16. The lowest BCUT2D eigenvalue weighted by Gasteiger charge is -2.13. The molecule has 31 heavy (non-hydrogen) atoms. The second-order valence-corrected chi connectivity index (χ2v) is 10.4. The van der Waals surface area contributed by atoms with E-state index in [-0.39, 0.29) is 11.1 Å². The fraction of sp³-hybridized carbons (Fsp3) is 0. The van der Waals surface area contributed by atoms with Gasteiger partial charge in [0.05, 0.1) is 4.90 Å². The zero-order chi connectivity index (χ0) is 23.0. The standard InChI is InChI=1S/C18H14O10S3/c19-29(20,21)14-5-3-4-12(10-14)13-8-9-16(18(11-13)31(25,26)27)28-15-6-1-2-7-17(15)30(22,23)24/h1-11H,(H,19,20,21)(H,22,23,24)(H,25,26,27). The third-order valence-electron chi connectivity index (χ3n) is 4.03. The molecule has 0 radical (unpaired) electrons. The Bertz CT molecular complexity index is 1470. The van der Waals surface area contributed by atoms with Gasteiger partial charge >= 0.3 is 0 Å². The lowest BCUT2D eigenvalue weighted by Crippen LogP contribution is -2.04. The van der Waals surface area contributed by atoms with E-state index in [4.69, 9.17) is 4.74 Å². The molecule has 0 bridgehead atoms. The SMILES string of the molecule is O=S(=O)(O)c1cccc(-c2ccc(Oc3ccccc3S(=O)(=O)O)c(S(=O)(=O)O)c2)c1. The van der Waals surface area contributed by atoms with Crippen LogP contribution in [-0.2, 0) is 30.4 Å². The Labute approximate surface area is 178 Å². The minimum atomic E-state index is -4.88. The summed E-state index contributed by atoms with van der Waals surface area (Å²) in [6.45, 7) is 0. The van der Waals surface area contributed by atoms with Crippen LogP contribution in [0.25, 0.3) is 11.1 Å². The summed E-state index contributed by atoms with van der Waals surface area (Å²) in [7, 11) is -14.1. The first-order chi connectivity index (χ1) is 14.3. The Balaban J connectivity index is 2.15. The number of rotatable bonds is 6. The van der Waals surface area contributed by atoms with Crippen LogP contribution in [0.4, 0.5) is 0 Å². The van der Waals surface area contributed by atoms with Crippen LogP contribution in [0.3, 0.4) is 0 Å². The van der Waals surface area contributed by atoms with Crippen molar-refractivity contribution in [3.63, 3.8) is 0 Å². The molecule has 0 fully saturated rings. The van der Waals surface area contributed by atoms with Crippen LogP contribution in [0.5, 0.6) is 11.5 Å². The van der Waals surface area contributed by atoms with Gasteiger partial charge in [-0.2, -0.15) is 25.3 Å². The van der Waals surface area contributed by atoms with Crippen LogP contribution < -0.4 is 4.74 Å². The highest BCUT2D eigenvalue weighted by molar-refractivity contribution is 7.86. The van der Waals surface area contributed by atoms with Gasteiger partial charge in [-0.15, -0.1) is 0 Å². The first kappa shape index (κ1) is 22.9. The molecule has 13 heteroatoms. The van der Waals surface area contributed by atoms with Crippen LogP contribution in [-0.4, -0.2) is 38.9 Å². The Kier molecular flexibility index (Phi) is 5.92. The fourth-order valence-corrected chi connectivity index (χ4v) is 4.46. The van der Waals surface area contributed by atoms with E-state index in [9.17, 15) is 38.9 Å². The van der Waals surface area contributed by atoms with Gasteiger partial charge in [0.1, 0.15) is 21.3 Å². The van der Waals surface area contributed by atoms with Crippen molar-refractivity contribution >= 4 is 30.4 Å². The fourth-order valence-electron chi connectivity index (χ4n) is 2.68. The molecule has 0 unspecified atom stereocenters. The van der Waals surface area contributed by atoms with Crippen molar-refractivity contribution in [3.05, 3.63) is 66.7 Å². The molecule has 0 aliphatic carbocycles. The van der Waals surface area contributed by atoms with E-state index in [2.05, 4.69) is 0 Å². The number of para-hydroxylation sites is 1. The van der Waals surface area contributed by atoms with Crippen LogP contribution in [0.15, 0.2) is 81.4 Å². The van der Waals surface area contributed by atoms with Gasteiger partial charge in [0.25, 0.3) is 30.4 Å². The van der Waals surface area contributed by atoms with Crippen LogP contribution in [0.1, 0.15) is 0 Å². The zero-order valence-corrected chi connectivity index (χ0v) is 17.7. The normalized spacial score (nSPS) is 12.5. The van der Waals surface area contributed by atoms with Crippen molar-refractivity contribution in [2.24, 2.45) is 0 Å². The van der Waals surface area contributed by atoms with Gasteiger partial charge in [0, 0.05) is 0 Å². The molecule has 3 aromatic carbocycles. The molecule has 3 N–H and O–H groups in total. The quantitative estimate of drug-likeness (QED) is 0.440. The van der Waals surface area contributed by atoms with Crippen molar-refractivity contribution in [2.45, 2.75) is 14.7 Å². The van der Waals surface area contributed by atoms with Crippen LogP contribution >= 0.6 is 0 Å². The summed E-state index contributed by atoms with van der Waals surface area (Å²) < 4.78 is 103. The molecule has 0 spiro atoms. The predicted molar refractivity (Wildman–Crippen MR) is 108 cm³/mol. The highest BCUT2D eigenvalue weighted by Crippen LogP contribution is 2.35. The molecule has 3 rings (SSSR count). The van der Waals surface area contributed by atoms with Crippen molar-refractivity contribution in [2.75, 3.05) is 0 Å². The van der Waals surface area contributed by atoms with Gasteiger partial charge in [0.2, 0.25) is 0 Å². The zero-order valence-electron chi connectivity index (χ0n) is 15.3. The molecule has 0 atom stereocenters. The first-order valence-corrected chi connectivity index (χ1v) is 12.5. The molecule has 0 saturated heterocycles. The lowest BCUT2D eigenvalue weighted by atomic mass is 10.1. The van der Waals surface area contributed by atoms with E-state index in [1.807, 2.05) is 0 Å². The molecule has 10 nitrogen and oxygen atoms in total. The molecule has 3 aromatic rings. The molecule has 0 saturated carbocycles. The third-order valence-corrected chi connectivity index (χ3v) is 6.65. The Morgan fingerprint density at radius 2 is 1.13 bits per heavy atom. The summed E-state index contributed by atoms with van der Waals surface area (Å²) in [6, 6.07) is 13.3. The van der Waals surface area contributed by atoms with Gasteiger partial charge < -0.3 is 4.74 Å². The molecular formula is C18H14O10S3. The van der Waals surface area contributed by atoms with Crippen molar-refractivity contribution in [3.8, 4) is 22.6 Å². The maximum absolute atomic E-state index is 11.9. The number of hydrogen-bond donors (Lipinski definition) is 3. The summed E-state index contributed by atoms with van der Waals surface area (Å²) in [6.07, 6.45) is 0. The summed E-state index contributed by atoms with van der Waals surface area (Å²) in [5, 5.41) is 0. The van der Waals surface area contributed by atoms with E-state index in [1.54, 1.807) is 0 Å². The van der Waals surface area contributed by atoms with E-state index < -0.39 is 56.5 Å². The third kappa shape index (κ3) is 5.28. The van der Waals surface area contributed by atoms with E-state index in [0.717, 1.165) is 30.3 Å². The van der Waals surface area contributed by atoms with Gasteiger partial charge in [0.15, 0.2) is 0 Å². The highest BCUT2D eigenvalue weighted by Gasteiger charge is 2.22. The molecular weight excluding hydrogens is 472 g/mol. The molecule has 0 aliphatic heterocycles.